The number of H-pyrrole nitrogens is 1. The Morgan fingerprint density at radius 3 is 2.57 bits per heavy atom. The van der Waals surface area contributed by atoms with Crippen LogP contribution in [0.15, 0.2) is 56.5 Å². The highest BCUT2D eigenvalue weighted by Crippen LogP contribution is 2.39. The predicted molar refractivity (Wildman–Crippen MR) is 124 cm³/mol. The van der Waals surface area contributed by atoms with Crippen LogP contribution in [0, 0.1) is 19.3 Å². The first-order valence-electron chi connectivity index (χ1n) is 9.06. The molecular formula is C21H20N4O2S3. The van der Waals surface area contributed by atoms with Crippen molar-refractivity contribution in [3.05, 3.63) is 58.7 Å². The average Bonchev–Trinajstić information content (AvgIpc) is 3.30. The molecule has 0 unspecified atom stereocenters. The van der Waals surface area contributed by atoms with Crippen LogP contribution in [0.25, 0.3) is 22.2 Å². The minimum Gasteiger partial charge on any atom is -0.383 e. The number of imidazole rings is 1. The number of aryl methyl sites for hydroxylation is 2. The molecule has 154 valence electrons. The van der Waals surface area contributed by atoms with E-state index in [-0.39, 0.29) is 15.6 Å². The third-order valence-electron chi connectivity index (χ3n) is 4.83. The zero-order chi connectivity index (χ0) is 21.6. The number of aromatic amines is 1. The number of benzene rings is 2. The van der Waals surface area contributed by atoms with Crippen LogP contribution >= 0.6 is 23.1 Å². The van der Waals surface area contributed by atoms with Crippen LogP contribution in [-0.4, -0.2) is 30.5 Å². The van der Waals surface area contributed by atoms with E-state index in [1.807, 2.05) is 44.4 Å². The Kier molecular flexibility index (Phi) is 5.21. The molecule has 0 fully saturated rings. The summed E-state index contributed by atoms with van der Waals surface area (Å²) >= 11 is 2.55. The second-order valence-corrected chi connectivity index (χ2v) is 10.9. The van der Waals surface area contributed by atoms with Crippen molar-refractivity contribution in [2.24, 2.45) is 5.73 Å². The van der Waals surface area contributed by atoms with Crippen molar-refractivity contribution in [3.63, 3.8) is 0 Å². The summed E-state index contributed by atoms with van der Waals surface area (Å²) in [5.74, 6) is 0.575. The van der Waals surface area contributed by atoms with E-state index in [1.165, 1.54) is 29.2 Å². The molecular weight excluding hydrogens is 436 g/mol. The molecule has 2 aromatic heterocycles. The highest BCUT2D eigenvalue weighted by molar-refractivity contribution is 8.01. The van der Waals surface area contributed by atoms with Crippen LogP contribution in [0.2, 0.25) is 0 Å². The van der Waals surface area contributed by atoms with Crippen molar-refractivity contribution in [2.45, 2.75) is 27.8 Å². The molecule has 0 saturated carbocycles. The first-order chi connectivity index (χ1) is 14.2. The van der Waals surface area contributed by atoms with Crippen LogP contribution in [0.4, 0.5) is 0 Å². The molecule has 2 heterocycles. The van der Waals surface area contributed by atoms with E-state index in [9.17, 15) is 8.42 Å². The van der Waals surface area contributed by atoms with E-state index in [0.717, 1.165) is 22.2 Å². The lowest BCUT2D eigenvalue weighted by Crippen LogP contribution is -2.09. The number of nitrogens with zero attached hydrogens (tertiary/aromatic N) is 1. The molecule has 0 amide bonds. The number of hydrogen-bond donors (Lipinski definition) is 3. The summed E-state index contributed by atoms with van der Waals surface area (Å²) in [6.45, 7) is 3.84. The molecule has 0 aliphatic carbocycles. The van der Waals surface area contributed by atoms with E-state index >= 15 is 0 Å². The van der Waals surface area contributed by atoms with Crippen molar-refractivity contribution in [1.82, 2.24) is 9.97 Å². The topological polar surface area (TPSA) is 113 Å². The molecule has 0 radical (unpaired) electrons. The Hall–Kier alpha value is -2.62. The fraction of sp³-hybridized carbons (Fsp3) is 0.143. The van der Waals surface area contributed by atoms with Gasteiger partial charge in [-0.2, -0.15) is 0 Å². The number of sulfone groups is 1. The molecule has 30 heavy (non-hydrogen) atoms. The van der Waals surface area contributed by atoms with Gasteiger partial charge in [-0.15, -0.1) is 23.1 Å². The van der Waals surface area contributed by atoms with Gasteiger partial charge >= 0.3 is 0 Å². The van der Waals surface area contributed by atoms with Gasteiger partial charge in [0.2, 0.25) is 9.84 Å². The van der Waals surface area contributed by atoms with Gasteiger partial charge in [-0.25, -0.2) is 13.4 Å². The van der Waals surface area contributed by atoms with Crippen LogP contribution in [0.3, 0.4) is 0 Å². The summed E-state index contributed by atoms with van der Waals surface area (Å²) in [7, 11) is -3.83. The van der Waals surface area contributed by atoms with Crippen LogP contribution in [-0.2, 0) is 9.84 Å². The summed E-state index contributed by atoms with van der Waals surface area (Å²) in [5.41, 5.74) is 9.74. The molecule has 0 aliphatic rings. The number of hydrogen-bond acceptors (Lipinski definition) is 6. The number of nitrogens with one attached hydrogen (secondary N) is 2. The van der Waals surface area contributed by atoms with E-state index < -0.39 is 9.84 Å². The fourth-order valence-corrected chi connectivity index (χ4v) is 7.31. The van der Waals surface area contributed by atoms with E-state index in [4.69, 9.17) is 11.1 Å². The maximum atomic E-state index is 13.6. The van der Waals surface area contributed by atoms with Gasteiger partial charge in [-0.1, -0.05) is 24.3 Å². The second-order valence-electron chi connectivity index (χ2n) is 6.89. The van der Waals surface area contributed by atoms with Gasteiger partial charge in [0.15, 0.2) is 0 Å². The number of fused-ring (bicyclic) bond motifs is 1. The Morgan fingerprint density at radius 2 is 1.90 bits per heavy atom. The number of thioether (sulfide) groups is 1. The quantitative estimate of drug-likeness (QED) is 0.228. The molecule has 0 atom stereocenters. The number of nitrogen functional groups attached to an aromatic ring is 1. The second kappa shape index (κ2) is 7.57. The molecule has 2 aromatic carbocycles. The van der Waals surface area contributed by atoms with E-state index in [0.29, 0.717) is 20.4 Å². The van der Waals surface area contributed by atoms with Crippen LogP contribution in [0.1, 0.15) is 16.3 Å². The monoisotopic (exact) mass is 456 g/mol. The zero-order valence-electron chi connectivity index (χ0n) is 16.6. The minimum absolute atomic E-state index is 0.142. The van der Waals surface area contributed by atoms with Gasteiger partial charge in [-0.3, -0.25) is 5.41 Å². The summed E-state index contributed by atoms with van der Waals surface area (Å²) in [4.78, 5) is 8.56. The normalized spacial score (nSPS) is 11.8. The Morgan fingerprint density at radius 1 is 1.17 bits per heavy atom. The first-order valence-corrected chi connectivity index (χ1v) is 12.6. The Labute approximate surface area is 183 Å². The molecule has 0 aliphatic heterocycles. The molecule has 0 spiro atoms. The number of nitrogens with two attached hydrogens (primary N) is 1. The highest BCUT2D eigenvalue weighted by atomic mass is 32.2. The molecule has 0 saturated heterocycles. The van der Waals surface area contributed by atoms with Crippen molar-refractivity contribution in [1.29, 1.82) is 5.41 Å². The largest absolute Gasteiger partial charge is 0.383 e. The standard InChI is InChI=1S/C21H20N4O2S3/c1-11-6-4-5-7-14(11)15-8-13(9-16-19(15)25-12(2)24-16)30(26,27)18-10-17(20(22)23)29-21(18)28-3/h4-10H,1-3H3,(H3,22,23)(H,24,25). The van der Waals surface area contributed by atoms with E-state index in [1.54, 1.807) is 12.1 Å². The number of aromatic nitrogens is 2. The van der Waals surface area contributed by atoms with Gasteiger partial charge < -0.3 is 10.7 Å². The van der Waals surface area contributed by atoms with Gasteiger partial charge in [0.25, 0.3) is 0 Å². The van der Waals surface area contributed by atoms with Crippen molar-refractivity contribution >= 4 is 49.8 Å². The number of thiophene rings is 1. The lowest BCUT2D eigenvalue weighted by Gasteiger charge is -2.11. The predicted octanol–water partition coefficient (Wildman–Crippen LogP) is 4.75. The lowest BCUT2D eigenvalue weighted by molar-refractivity contribution is 0.595. The molecule has 0 bridgehead atoms. The van der Waals surface area contributed by atoms with Crippen molar-refractivity contribution in [2.75, 3.05) is 6.26 Å². The van der Waals surface area contributed by atoms with Gasteiger partial charge in [0.1, 0.15) is 11.7 Å². The smallest absolute Gasteiger partial charge is 0.208 e. The maximum Gasteiger partial charge on any atom is 0.208 e. The number of amidine groups is 1. The molecule has 9 heteroatoms. The maximum absolute atomic E-state index is 13.6. The van der Waals surface area contributed by atoms with Gasteiger partial charge in [0.05, 0.1) is 29.9 Å². The Bertz CT molecular complexity index is 1400. The van der Waals surface area contributed by atoms with Gasteiger partial charge in [0, 0.05) is 5.56 Å². The van der Waals surface area contributed by atoms with Crippen molar-refractivity contribution in [3.8, 4) is 11.1 Å². The molecule has 6 nitrogen and oxygen atoms in total. The van der Waals surface area contributed by atoms with Gasteiger partial charge in [-0.05, 0) is 49.4 Å². The summed E-state index contributed by atoms with van der Waals surface area (Å²) in [6.07, 6.45) is 1.81. The SMILES string of the molecule is CSc1sc(C(=N)N)cc1S(=O)(=O)c1cc(-c2ccccc2C)c2nc(C)[nH]c2c1. The Balaban J connectivity index is 2.00. The fourth-order valence-electron chi connectivity index (χ4n) is 3.40. The van der Waals surface area contributed by atoms with E-state index in [2.05, 4.69) is 9.97 Å². The summed E-state index contributed by atoms with van der Waals surface area (Å²) in [5, 5.41) is 7.68. The highest BCUT2D eigenvalue weighted by Gasteiger charge is 2.27. The molecule has 4 N–H and O–H groups in total. The average molecular weight is 457 g/mol. The zero-order valence-corrected chi connectivity index (χ0v) is 19.1. The number of rotatable bonds is 5. The minimum atomic E-state index is -3.83. The summed E-state index contributed by atoms with van der Waals surface area (Å²) < 4.78 is 27.8. The molecule has 4 aromatic rings. The lowest BCUT2D eigenvalue weighted by atomic mass is 9.99. The van der Waals surface area contributed by atoms with Crippen LogP contribution < -0.4 is 5.73 Å². The van der Waals surface area contributed by atoms with Crippen LogP contribution in [0.5, 0.6) is 0 Å². The summed E-state index contributed by atoms with van der Waals surface area (Å²) in [6, 6.07) is 12.6. The third kappa shape index (κ3) is 3.42. The third-order valence-corrected chi connectivity index (χ3v) is 9.15. The van der Waals surface area contributed by atoms with Crippen molar-refractivity contribution < 1.29 is 8.42 Å². The first kappa shape index (κ1) is 20.6. The molecule has 4 rings (SSSR count).